The summed E-state index contributed by atoms with van der Waals surface area (Å²) >= 11 is 0. The molecule has 3 rings (SSSR count). The van der Waals surface area contributed by atoms with E-state index in [0.717, 1.165) is 16.8 Å². The van der Waals surface area contributed by atoms with Crippen molar-refractivity contribution < 1.29 is 23.3 Å². The molecular weight excluding hydrogens is 421 g/mol. The van der Waals surface area contributed by atoms with Gasteiger partial charge in [-0.15, -0.1) is 0 Å². The van der Waals surface area contributed by atoms with Crippen LogP contribution in [0.25, 0.3) is 0 Å². The van der Waals surface area contributed by atoms with Crippen LogP contribution in [0, 0.1) is 19.7 Å². The zero-order chi connectivity index (χ0) is 24.1. The van der Waals surface area contributed by atoms with Crippen LogP contribution in [0.2, 0.25) is 0 Å². The summed E-state index contributed by atoms with van der Waals surface area (Å²) in [6.45, 7) is 11.4. The van der Waals surface area contributed by atoms with Crippen molar-refractivity contribution in [2.45, 2.75) is 26.9 Å². The molecule has 0 aliphatic carbocycles. The Hall–Kier alpha value is -3.32. The van der Waals surface area contributed by atoms with E-state index in [-0.39, 0.29) is 17.6 Å². The first-order valence-corrected chi connectivity index (χ1v) is 11.0. The lowest BCUT2D eigenvalue weighted by Gasteiger charge is -2.29. The Morgan fingerprint density at radius 3 is 2.58 bits per heavy atom. The first-order chi connectivity index (χ1) is 15.7. The van der Waals surface area contributed by atoms with Crippen LogP contribution in [0.4, 0.5) is 4.39 Å². The number of rotatable bonds is 7. The number of nitrogens with zero attached hydrogens (tertiary/aromatic N) is 2. The molecule has 0 spiro atoms. The fraction of sp³-hybridized carbons (Fsp3) is 0.346. The van der Waals surface area contributed by atoms with Gasteiger partial charge in [0.15, 0.2) is 12.3 Å². The number of ether oxygens (including phenoxy) is 1. The van der Waals surface area contributed by atoms with E-state index in [1.165, 1.54) is 12.1 Å². The van der Waals surface area contributed by atoms with Gasteiger partial charge in [0, 0.05) is 32.2 Å². The molecule has 0 unspecified atom stereocenters. The molecule has 2 aromatic rings. The Bertz CT molecular complexity index is 1110. The Labute approximate surface area is 194 Å². The summed E-state index contributed by atoms with van der Waals surface area (Å²) < 4.78 is 22.4. The molecule has 0 saturated heterocycles. The number of hydrogen-bond acceptors (Lipinski definition) is 4. The fourth-order valence-electron chi connectivity index (χ4n) is 4.00. The van der Waals surface area contributed by atoms with Crippen molar-refractivity contribution in [1.29, 1.82) is 0 Å². The summed E-state index contributed by atoms with van der Waals surface area (Å²) in [5, 5.41) is 2.63. The molecule has 0 fully saturated rings. The lowest BCUT2D eigenvalue weighted by molar-refractivity contribution is -0.451. The molecule has 0 aromatic heterocycles. The van der Waals surface area contributed by atoms with Crippen LogP contribution in [0.15, 0.2) is 49.1 Å². The van der Waals surface area contributed by atoms with E-state index in [1.807, 2.05) is 26.0 Å². The van der Waals surface area contributed by atoms with Gasteiger partial charge in [-0.05, 0) is 54.8 Å². The number of nitrogens with one attached hydrogen (secondary N) is 1. The molecule has 1 aliphatic heterocycles. The van der Waals surface area contributed by atoms with Crippen LogP contribution in [-0.2, 0) is 4.79 Å². The topological polar surface area (TPSA) is 61.6 Å². The maximum absolute atomic E-state index is 14.4. The highest BCUT2D eigenvalue weighted by molar-refractivity contribution is 5.95. The number of carbonyl (C=O) groups excluding carboxylic acids is 2. The second kappa shape index (κ2) is 10.5. The van der Waals surface area contributed by atoms with E-state index in [0.29, 0.717) is 43.1 Å². The van der Waals surface area contributed by atoms with Gasteiger partial charge in [-0.1, -0.05) is 18.7 Å². The molecule has 7 heteroatoms. The second-order valence-corrected chi connectivity index (χ2v) is 8.34. The van der Waals surface area contributed by atoms with Gasteiger partial charge in [-0.25, -0.2) is 9.18 Å². The number of carbonyl (C=O) groups is 2. The zero-order valence-electron chi connectivity index (χ0n) is 19.7. The van der Waals surface area contributed by atoms with Crippen LogP contribution in [0.5, 0.6) is 5.75 Å². The number of aryl methyl sites for hydroxylation is 2. The predicted molar refractivity (Wildman–Crippen MR) is 127 cm³/mol. The maximum atomic E-state index is 14.4. The Morgan fingerprint density at radius 1 is 1.21 bits per heavy atom. The van der Waals surface area contributed by atoms with E-state index in [2.05, 4.69) is 16.8 Å². The molecule has 1 atom stereocenters. The van der Waals surface area contributed by atoms with E-state index in [9.17, 15) is 14.0 Å². The summed E-state index contributed by atoms with van der Waals surface area (Å²) in [7, 11) is 1.59. The molecule has 0 saturated carbocycles. The van der Waals surface area contributed by atoms with E-state index >= 15 is 0 Å². The Morgan fingerprint density at radius 2 is 1.97 bits per heavy atom. The molecule has 6 nitrogen and oxygen atoms in total. The van der Waals surface area contributed by atoms with Crippen LogP contribution >= 0.6 is 0 Å². The first kappa shape index (κ1) is 24.3. The van der Waals surface area contributed by atoms with Gasteiger partial charge in [0.05, 0.1) is 13.1 Å². The summed E-state index contributed by atoms with van der Waals surface area (Å²) in [6, 6.07) is 10.4. The minimum absolute atomic E-state index is 0.104. The number of amides is 2. The van der Waals surface area contributed by atoms with Crippen molar-refractivity contribution in [3.63, 3.8) is 0 Å². The Balaban J connectivity index is 1.86. The summed E-state index contributed by atoms with van der Waals surface area (Å²) in [6.07, 6.45) is 0.894. The van der Waals surface area contributed by atoms with Crippen molar-refractivity contribution in [2.24, 2.45) is 0 Å². The first-order valence-electron chi connectivity index (χ1n) is 11.0. The fourth-order valence-corrected chi connectivity index (χ4v) is 4.00. The average molecular weight is 453 g/mol. The summed E-state index contributed by atoms with van der Waals surface area (Å²) in [5.41, 5.74) is 3.61. The monoisotopic (exact) mass is 452 g/mol. The number of hydrogen-bond donors (Lipinski definition) is 1. The number of halogens is 1. The number of benzene rings is 2. The maximum Gasteiger partial charge on any atom is 0.411 e. The van der Waals surface area contributed by atoms with Crippen molar-refractivity contribution in [3.8, 4) is 5.75 Å². The third kappa shape index (κ3) is 5.73. The molecule has 1 heterocycles. The zero-order valence-corrected chi connectivity index (χ0v) is 19.7. The van der Waals surface area contributed by atoms with Crippen LogP contribution in [-0.4, -0.2) is 60.2 Å². The van der Waals surface area contributed by atoms with Crippen LogP contribution in [0.3, 0.4) is 0 Å². The quantitative estimate of drug-likeness (QED) is 0.517. The highest BCUT2D eigenvalue weighted by atomic mass is 19.1. The molecule has 33 heavy (non-hydrogen) atoms. The molecule has 1 aliphatic rings. The van der Waals surface area contributed by atoms with Gasteiger partial charge in [-0.2, -0.15) is 4.58 Å². The van der Waals surface area contributed by atoms with Gasteiger partial charge in [0.1, 0.15) is 17.7 Å². The minimum atomic E-state index is -0.431. The highest BCUT2D eigenvalue weighted by Gasteiger charge is 2.29. The Kier molecular flexibility index (Phi) is 7.76. The normalized spacial score (nSPS) is 15.2. The van der Waals surface area contributed by atoms with E-state index in [1.54, 1.807) is 36.7 Å². The highest BCUT2D eigenvalue weighted by Crippen LogP contribution is 2.27. The largest absolute Gasteiger partial charge is 0.484 e. The predicted octanol–water partition coefficient (Wildman–Crippen LogP) is 3.42. The van der Waals surface area contributed by atoms with Crippen molar-refractivity contribution in [1.82, 2.24) is 10.2 Å². The smallest absolute Gasteiger partial charge is 0.411 e. The standard InChI is InChI=1S/C26H30FN3O3/c1-6-25(31)30-12-11-29(15-19(30)4)16-24(20-8-7-17(2)23(27)14-20)33-21-9-10-22(18(3)13-21)26(32)28-5/h6-10,13-14,24H,1,11-12,15-16H2,2-5H3/p+1/t24-/m1/s1. The van der Waals surface area contributed by atoms with E-state index in [4.69, 9.17) is 4.74 Å². The minimum Gasteiger partial charge on any atom is -0.484 e. The van der Waals surface area contributed by atoms with Crippen molar-refractivity contribution in [3.05, 3.63) is 77.1 Å². The van der Waals surface area contributed by atoms with Gasteiger partial charge < -0.3 is 10.1 Å². The third-order valence-electron chi connectivity index (χ3n) is 5.93. The van der Waals surface area contributed by atoms with Crippen LogP contribution in [0.1, 0.15) is 40.1 Å². The lowest BCUT2D eigenvalue weighted by Crippen LogP contribution is -2.47. The SMILES string of the molecule is C=CC(=O)[N+]1=C(C)CN(C[C@@H](Oc2ccc(C(=O)NC)c(C)c2)c2ccc(C)c(F)c2)CC1. The molecule has 2 amide bonds. The van der Waals surface area contributed by atoms with Gasteiger partial charge >= 0.3 is 5.91 Å². The average Bonchev–Trinajstić information content (AvgIpc) is 2.79. The van der Waals surface area contributed by atoms with Gasteiger partial charge in [0.2, 0.25) is 0 Å². The molecule has 1 N–H and O–H groups in total. The molecule has 2 aromatic carbocycles. The van der Waals surface area contributed by atoms with Gasteiger partial charge in [0.25, 0.3) is 5.91 Å². The van der Waals surface area contributed by atoms with Crippen molar-refractivity contribution >= 4 is 17.5 Å². The third-order valence-corrected chi connectivity index (χ3v) is 5.93. The molecule has 0 radical (unpaired) electrons. The molecular formula is C26H31FN3O3+. The summed E-state index contributed by atoms with van der Waals surface area (Å²) in [4.78, 5) is 26.2. The van der Waals surface area contributed by atoms with E-state index < -0.39 is 6.10 Å². The summed E-state index contributed by atoms with van der Waals surface area (Å²) in [5.74, 6) is 0.0603. The van der Waals surface area contributed by atoms with Gasteiger partial charge in [-0.3, -0.25) is 9.69 Å². The van der Waals surface area contributed by atoms with Crippen molar-refractivity contribution in [2.75, 3.05) is 33.2 Å². The molecule has 0 bridgehead atoms. The second-order valence-electron chi connectivity index (χ2n) is 8.34. The molecule has 174 valence electrons. The van der Waals surface area contributed by atoms with Crippen LogP contribution < -0.4 is 10.1 Å². The lowest BCUT2D eigenvalue weighted by atomic mass is 10.0.